The molecule has 1 aromatic heterocycles. The fraction of sp³-hybridized carbons (Fsp3) is 0.0909. The quantitative estimate of drug-likeness (QED) is 0.761. The molecule has 0 saturated carbocycles. The van der Waals surface area contributed by atoms with Crippen LogP contribution in [0.4, 0.5) is 18.9 Å². The summed E-state index contributed by atoms with van der Waals surface area (Å²) in [6.45, 7) is 0. The van der Waals surface area contributed by atoms with Gasteiger partial charge in [-0.3, -0.25) is 14.5 Å². The Morgan fingerprint density at radius 1 is 1.17 bits per heavy atom. The first-order chi connectivity index (χ1) is 10.5. The fourth-order valence-corrected chi connectivity index (χ4v) is 2.87. The number of aromatic nitrogens is 2. The van der Waals surface area contributed by atoms with E-state index in [1.165, 1.54) is 0 Å². The molecule has 1 aromatic carbocycles. The van der Waals surface area contributed by atoms with Crippen LogP contribution in [-0.2, 0) is 16.2 Å². The highest BCUT2D eigenvalue weighted by Gasteiger charge is 2.31. The van der Waals surface area contributed by atoms with Crippen LogP contribution < -0.4 is 16.0 Å². The van der Waals surface area contributed by atoms with Crippen LogP contribution in [0.1, 0.15) is 5.56 Å². The summed E-state index contributed by atoms with van der Waals surface area (Å²) in [6.07, 6.45) is -4.09. The molecular formula is C11H7ClF3N3O4S. The smallest absolute Gasteiger partial charge is 0.313 e. The van der Waals surface area contributed by atoms with E-state index in [2.05, 4.69) is 0 Å². The summed E-state index contributed by atoms with van der Waals surface area (Å²) >= 11 is 5.67. The summed E-state index contributed by atoms with van der Waals surface area (Å²) in [5.74, 6) is 0. The highest BCUT2D eigenvalue weighted by molar-refractivity contribution is 7.92. The number of hydrogen-bond acceptors (Lipinski definition) is 4. The van der Waals surface area contributed by atoms with Crippen molar-refractivity contribution in [1.29, 1.82) is 0 Å². The Bertz CT molecular complexity index is 965. The van der Waals surface area contributed by atoms with Crippen LogP contribution in [0.5, 0.6) is 0 Å². The van der Waals surface area contributed by atoms with Crippen LogP contribution in [0.2, 0.25) is 5.02 Å². The van der Waals surface area contributed by atoms with E-state index in [0.717, 1.165) is 6.07 Å². The van der Waals surface area contributed by atoms with Crippen molar-refractivity contribution >= 4 is 27.3 Å². The summed E-state index contributed by atoms with van der Waals surface area (Å²) in [5.41, 5.74) is -3.86. The molecule has 1 heterocycles. The van der Waals surface area contributed by atoms with Gasteiger partial charge in [-0.1, -0.05) is 11.6 Å². The van der Waals surface area contributed by atoms with E-state index in [-0.39, 0.29) is 5.02 Å². The molecular weight excluding hydrogens is 363 g/mol. The zero-order valence-corrected chi connectivity index (χ0v) is 12.4. The molecule has 23 heavy (non-hydrogen) atoms. The van der Waals surface area contributed by atoms with Crippen molar-refractivity contribution in [1.82, 2.24) is 9.97 Å². The van der Waals surface area contributed by atoms with Gasteiger partial charge < -0.3 is 4.98 Å². The van der Waals surface area contributed by atoms with Gasteiger partial charge in [0.15, 0.2) is 4.90 Å². The Morgan fingerprint density at radius 2 is 1.83 bits per heavy atom. The van der Waals surface area contributed by atoms with Crippen LogP contribution in [0.15, 0.2) is 38.9 Å². The molecule has 0 aliphatic rings. The van der Waals surface area contributed by atoms with Gasteiger partial charge in [0.2, 0.25) is 0 Å². The minimum atomic E-state index is -4.71. The Balaban J connectivity index is 2.49. The first-order valence-corrected chi connectivity index (χ1v) is 7.58. The zero-order valence-electron chi connectivity index (χ0n) is 10.9. The summed E-state index contributed by atoms with van der Waals surface area (Å²) in [4.78, 5) is 25.1. The average Bonchev–Trinajstić information content (AvgIpc) is 2.39. The molecule has 7 nitrogen and oxygen atoms in total. The van der Waals surface area contributed by atoms with Crippen LogP contribution in [-0.4, -0.2) is 18.4 Å². The van der Waals surface area contributed by atoms with Gasteiger partial charge in [-0.15, -0.1) is 0 Å². The lowest BCUT2D eigenvalue weighted by atomic mass is 10.2. The van der Waals surface area contributed by atoms with Crippen molar-refractivity contribution in [3.8, 4) is 0 Å². The molecule has 12 heteroatoms. The second-order valence-corrected chi connectivity index (χ2v) is 6.29. The number of halogens is 4. The molecule has 124 valence electrons. The van der Waals surface area contributed by atoms with Crippen molar-refractivity contribution in [3.63, 3.8) is 0 Å². The molecule has 0 spiro atoms. The van der Waals surface area contributed by atoms with Gasteiger partial charge >= 0.3 is 11.9 Å². The lowest BCUT2D eigenvalue weighted by molar-refractivity contribution is -0.137. The number of nitrogens with one attached hydrogen (secondary N) is 3. The number of alkyl halides is 3. The van der Waals surface area contributed by atoms with Crippen molar-refractivity contribution in [3.05, 3.63) is 55.8 Å². The molecule has 0 radical (unpaired) electrons. The molecule has 0 saturated heterocycles. The maximum atomic E-state index is 12.6. The topological polar surface area (TPSA) is 112 Å². The van der Waals surface area contributed by atoms with Gasteiger partial charge in [0.05, 0.1) is 16.3 Å². The highest BCUT2D eigenvalue weighted by Crippen LogP contribution is 2.34. The van der Waals surface area contributed by atoms with Crippen molar-refractivity contribution in [2.75, 3.05) is 4.72 Å². The monoisotopic (exact) mass is 369 g/mol. The van der Waals surface area contributed by atoms with Crippen molar-refractivity contribution in [2.45, 2.75) is 11.1 Å². The summed E-state index contributed by atoms with van der Waals surface area (Å²) < 4.78 is 63.8. The number of anilines is 1. The van der Waals surface area contributed by atoms with E-state index in [9.17, 15) is 31.2 Å². The van der Waals surface area contributed by atoms with Gasteiger partial charge in [0, 0.05) is 6.20 Å². The molecule has 0 atom stereocenters. The molecule has 0 amide bonds. The molecule has 2 aromatic rings. The molecule has 0 fully saturated rings. The number of hydrogen-bond donors (Lipinski definition) is 3. The third kappa shape index (κ3) is 3.74. The number of rotatable bonds is 3. The fourth-order valence-electron chi connectivity index (χ4n) is 1.58. The third-order valence-electron chi connectivity index (χ3n) is 2.61. The molecule has 0 bridgehead atoms. The summed E-state index contributed by atoms with van der Waals surface area (Å²) in [7, 11) is -4.56. The minimum Gasteiger partial charge on any atom is -0.313 e. The lowest BCUT2D eigenvalue weighted by Gasteiger charge is -2.12. The van der Waals surface area contributed by atoms with E-state index < -0.39 is 43.6 Å². The average molecular weight is 370 g/mol. The molecule has 2 rings (SSSR count). The van der Waals surface area contributed by atoms with Gasteiger partial charge in [0.1, 0.15) is 0 Å². The van der Waals surface area contributed by atoms with Crippen molar-refractivity contribution < 1.29 is 21.6 Å². The number of H-pyrrole nitrogens is 2. The summed E-state index contributed by atoms with van der Waals surface area (Å²) in [5, 5.41) is -0.303. The number of benzene rings is 1. The maximum Gasteiger partial charge on any atom is 0.416 e. The SMILES string of the molecule is O=c1[nH]cc(S(=O)(=O)Nc2cc(C(F)(F)F)ccc2Cl)c(=O)[nH]1. The lowest BCUT2D eigenvalue weighted by Crippen LogP contribution is -2.29. The molecule has 0 aliphatic carbocycles. The molecule has 0 unspecified atom stereocenters. The zero-order chi connectivity index (χ0) is 17.4. The Kier molecular flexibility index (Phi) is 4.26. The Morgan fingerprint density at radius 3 is 2.39 bits per heavy atom. The second kappa shape index (κ2) is 5.74. The predicted octanol–water partition coefficient (Wildman–Crippen LogP) is 1.54. The van der Waals surface area contributed by atoms with E-state index in [1.807, 2.05) is 4.98 Å². The van der Waals surface area contributed by atoms with Crippen molar-refractivity contribution in [2.24, 2.45) is 0 Å². The third-order valence-corrected chi connectivity index (χ3v) is 4.31. The van der Waals surface area contributed by atoms with Gasteiger partial charge in [-0.05, 0) is 18.2 Å². The van der Waals surface area contributed by atoms with E-state index in [1.54, 1.807) is 9.71 Å². The normalized spacial score (nSPS) is 12.2. The van der Waals surface area contributed by atoms with Gasteiger partial charge in [0.25, 0.3) is 15.6 Å². The summed E-state index contributed by atoms with van der Waals surface area (Å²) in [6, 6.07) is 2.02. The molecule has 3 N–H and O–H groups in total. The standard InChI is InChI=1S/C11H7ClF3N3O4S/c12-6-2-1-5(11(13,14)15)3-7(6)18-23(21,22)8-4-16-10(20)17-9(8)19/h1-4,18H,(H2,16,17,19,20). The Hall–Kier alpha value is -2.27. The first kappa shape index (κ1) is 17.1. The van der Waals surface area contributed by atoms with Gasteiger partial charge in [-0.25, -0.2) is 13.2 Å². The van der Waals surface area contributed by atoms with Crippen LogP contribution in [0, 0.1) is 0 Å². The van der Waals surface area contributed by atoms with Crippen LogP contribution in [0.3, 0.4) is 0 Å². The van der Waals surface area contributed by atoms with Crippen LogP contribution >= 0.6 is 11.6 Å². The number of sulfonamides is 1. The van der Waals surface area contributed by atoms with E-state index >= 15 is 0 Å². The largest absolute Gasteiger partial charge is 0.416 e. The first-order valence-electron chi connectivity index (χ1n) is 5.72. The maximum absolute atomic E-state index is 12.6. The van der Waals surface area contributed by atoms with Crippen LogP contribution in [0.25, 0.3) is 0 Å². The van der Waals surface area contributed by atoms with Gasteiger partial charge in [-0.2, -0.15) is 13.2 Å². The minimum absolute atomic E-state index is 0.303. The molecule has 0 aliphatic heterocycles. The second-order valence-electron chi connectivity index (χ2n) is 4.23. The predicted molar refractivity (Wildman–Crippen MR) is 74.9 cm³/mol. The van der Waals surface area contributed by atoms with E-state index in [0.29, 0.717) is 18.3 Å². The number of aromatic amines is 2. The Labute approximate surface area is 131 Å². The van der Waals surface area contributed by atoms with E-state index in [4.69, 9.17) is 11.6 Å². The highest BCUT2D eigenvalue weighted by atomic mass is 35.5.